The summed E-state index contributed by atoms with van der Waals surface area (Å²) in [4.78, 5) is 16.1. The molecular formula is C17H22BrN3O4S2. The highest BCUT2D eigenvalue weighted by atomic mass is 79.9. The zero-order valence-electron chi connectivity index (χ0n) is 15.7. The third-order valence-corrected chi connectivity index (χ3v) is 6.32. The van der Waals surface area contributed by atoms with E-state index in [0.717, 1.165) is 3.79 Å². The molecule has 0 aliphatic carbocycles. The molecule has 0 saturated heterocycles. The van der Waals surface area contributed by atoms with Gasteiger partial charge in [0.05, 0.1) is 21.0 Å². The fraction of sp³-hybridized carbons (Fsp3) is 0.412. The van der Waals surface area contributed by atoms with Crippen molar-refractivity contribution >= 4 is 49.1 Å². The SMILES string of the molecule is CC(C)OC(=O)Nc1ccc(-c2ncc(Br)s2)c(S(=O)(=O)NC(C)(C)C)c1. The van der Waals surface area contributed by atoms with Crippen molar-refractivity contribution in [3.63, 3.8) is 0 Å². The van der Waals surface area contributed by atoms with E-state index in [9.17, 15) is 13.2 Å². The largest absolute Gasteiger partial charge is 0.447 e. The second-order valence-corrected chi connectivity index (χ2v) is 11.2. The third-order valence-electron chi connectivity index (χ3n) is 3.01. The molecule has 0 atom stereocenters. The van der Waals surface area contributed by atoms with Gasteiger partial charge in [0.15, 0.2) is 0 Å². The molecule has 0 spiro atoms. The van der Waals surface area contributed by atoms with Gasteiger partial charge in [0.1, 0.15) is 5.01 Å². The summed E-state index contributed by atoms with van der Waals surface area (Å²) in [5, 5.41) is 3.10. The van der Waals surface area contributed by atoms with Crippen molar-refractivity contribution in [2.45, 2.75) is 51.2 Å². The molecule has 1 aromatic carbocycles. The molecule has 1 aromatic heterocycles. The quantitative estimate of drug-likeness (QED) is 0.657. The second-order valence-electron chi connectivity index (χ2n) is 7.12. The Morgan fingerprint density at radius 1 is 1.30 bits per heavy atom. The normalized spacial score (nSPS) is 12.3. The summed E-state index contributed by atoms with van der Waals surface area (Å²) < 4.78 is 34.4. The number of ether oxygens (including phenoxy) is 1. The predicted molar refractivity (Wildman–Crippen MR) is 111 cm³/mol. The molecule has 0 fully saturated rings. The number of nitrogens with one attached hydrogen (secondary N) is 2. The summed E-state index contributed by atoms with van der Waals surface area (Å²) in [6.45, 7) is 8.73. The molecule has 0 radical (unpaired) electrons. The van der Waals surface area contributed by atoms with Crippen LogP contribution in [0.2, 0.25) is 0 Å². The number of carbonyl (C=O) groups excluding carboxylic acids is 1. The Morgan fingerprint density at radius 2 is 1.96 bits per heavy atom. The first-order valence-electron chi connectivity index (χ1n) is 8.15. The Bertz CT molecular complexity index is 934. The Labute approximate surface area is 171 Å². The van der Waals surface area contributed by atoms with Crippen molar-refractivity contribution < 1.29 is 17.9 Å². The van der Waals surface area contributed by atoms with Gasteiger partial charge in [-0.05, 0) is 68.7 Å². The molecular weight excluding hydrogens is 454 g/mol. The number of thiazole rings is 1. The summed E-state index contributed by atoms with van der Waals surface area (Å²) in [6.07, 6.45) is 0.671. The first-order chi connectivity index (χ1) is 12.4. The van der Waals surface area contributed by atoms with Gasteiger partial charge in [-0.25, -0.2) is 22.9 Å². The first kappa shape index (κ1) is 21.8. The lowest BCUT2D eigenvalue weighted by molar-refractivity contribution is 0.130. The Morgan fingerprint density at radius 3 is 2.48 bits per heavy atom. The summed E-state index contributed by atoms with van der Waals surface area (Å²) in [5.41, 5.74) is 0.0964. The molecule has 27 heavy (non-hydrogen) atoms. The number of halogens is 1. The van der Waals surface area contributed by atoms with Gasteiger partial charge in [0.25, 0.3) is 0 Å². The number of anilines is 1. The van der Waals surface area contributed by atoms with E-state index in [0.29, 0.717) is 16.3 Å². The number of amides is 1. The lowest BCUT2D eigenvalue weighted by atomic mass is 10.1. The Kier molecular flexibility index (Phi) is 6.67. The van der Waals surface area contributed by atoms with Gasteiger partial charge in [0.2, 0.25) is 10.0 Å². The van der Waals surface area contributed by atoms with Crippen LogP contribution in [0, 0.1) is 0 Å². The van der Waals surface area contributed by atoms with Gasteiger partial charge in [-0.2, -0.15) is 0 Å². The van der Waals surface area contributed by atoms with Gasteiger partial charge >= 0.3 is 6.09 Å². The van der Waals surface area contributed by atoms with Crippen LogP contribution >= 0.6 is 27.3 Å². The van der Waals surface area contributed by atoms with Crippen LogP contribution in [0.15, 0.2) is 33.1 Å². The molecule has 0 bridgehead atoms. The van der Waals surface area contributed by atoms with Crippen molar-refractivity contribution in [3.8, 4) is 10.6 Å². The zero-order chi connectivity index (χ0) is 20.4. The second kappa shape index (κ2) is 8.26. The molecule has 2 aromatic rings. The van der Waals surface area contributed by atoms with E-state index in [1.807, 2.05) is 0 Å². The number of benzene rings is 1. The van der Waals surface area contributed by atoms with E-state index in [-0.39, 0.29) is 11.0 Å². The highest BCUT2D eigenvalue weighted by molar-refractivity contribution is 9.11. The van der Waals surface area contributed by atoms with Crippen LogP contribution in [0.4, 0.5) is 10.5 Å². The van der Waals surface area contributed by atoms with Crippen LogP contribution in [0.25, 0.3) is 10.6 Å². The van der Waals surface area contributed by atoms with Crippen LogP contribution in [0.5, 0.6) is 0 Å². The Balaban J connectivity index is 2.51. The number of aromatic nitrogens is 1. The van der Waals surface area contributed by atoms with Gasteiger partial charge in [-0.3, -0.25) is 5.32 Å². The molecule has 1 heterocycles. The lowest BCUT2D eigenvalue weighted by Gasteiger charge is -2.21. The monoisotopic (exact) mass is 475 g/mol. The van der Waals surface area contributed by atoms with Gasteiger partial charge in [0, 0.05) is 16.8 Å². The van der Waals surface area contributed by atoms with Crippen LogP contribution in [-0.2, 0) is 14.8 Å². The van der Waals surface area contributed by atoms with E-state index in [4.69, 9.17) is 4.74 Å². The van der Waals surface area contributed by atoms with Crippen LogP contribution < -0.4 is 10.0 Å². The fourth-order valence-electron chi connectivity index (χ4n) is 2.20. The fourth-order valence-corrected chi connectivity index (χ4v) is 5.16. The molecule has 0 aliphatic rings. The number of carbonyl (C=O) groups is 1. The molecule has 1 amide bonds. The predicted octanol–water partition coefficient (Wildman–Crippen LogP) is 4.61. The van der Waals surface area contributed by atoms with Crippen molar-refractivity contribution in [2.24, 2.45) is 0 Å². The molecule has 0 saturated carbocycles. The maximum atomic E-state index is 13.0. The van der Waals surface area contributed by atoms with Crippen LogP contribution in [0.1, 0.15) is 34.6 Å². The van der Waals surface area contributed by atoms with E-state index < -0.39 is 21.7 Å². The van der Waals surface area contributed by atoms with Gasteiger partial charge in [-0.15, -0.1) is 11.3 Å². The summed E-state index contributed by atoms with van der Waals surface area (Å²) in [7, 11) is -3.86. The minimum atomic E-state index is -3.86. The van der Waals surface area contributed by atoms with Crippen molar-refractivity contribution in [1.82, 2.24) is 9.71 Å². The maximum Gasteiger partial charge on any atom is 0.411 e. The van der Waals surface area contributed by atoms with Gasteiger partial charge in [-0.1, -0.05) is 0 Å². The van der Waals surface area contributed by atoms with E-state index in [1.54, 1.807) is 52.9 Å². The first-order valence-corrected chi connectivity index (χ1v) is 11.2. The highest BCUT2D eigenvalue weighted by Crippen LogP contribution is 2.34. The highest BCUT2D eigenvalue weighted by Gasteiger charge is 2.26. The van der Waals surface area contributed by atoms with Crippen molar-refractivity contribution in [2.75, 3.05) is 5.32 Å². The molecule has 10 heteroatoms. The van der Waals surface area contributed by atoms with E-state index in [1.165, 1.54) is 17.4 Å². The molecule has 2 N–H and O–H groups in total. The Hall–Kier alpha value is -1.49. The summed E-state index contributed by atoms with van der Waals surface area (Å²) in [5.74, 6) is 0. The minimum Gasteiger partial charge on any atom is -0.447 e. The van der Waals surface area contributed by atoms with E-state index in [2.05, 4.69) is 31.0 Å². The average molecular weight is 476 g/mol. The number of hydrogen-bond acceptors (Lipinski definition) is 6. The smallest absolute Gasteiger partial charge is 0.411 e. The third kappa shape index (κ3) is 6.27. The van der Waals surface area contributed by atoms with E-state index >= 15 is 0 Å². The molecule has 7 nitrogen and oxygen atoms in total. The molecule has 0 aliphatic heterocycles. The zero-order valence-corrected chi connectivity index (χ0v) is 18.9. The van der Waals surface area contributed by atoms with Gasteiger partial charge < -0.3 is 4.74 Å². The standard InChI is InChI=1S/C17H22BrN3O4S2/c1-10(2)25-16(22)20-11-6-7-12(15-19-9-14(18)26-15)13(8-11)27(23,24)21-17(3,4)5/h6-10,21H,1-5H3,(H,20,22). The lowest BCUT2D eigenvalue weighted by Crippen LogP contribution is -2.40. The molecule has 148 valence electrons. The van der Waals surface area contributed by atoms with Crippen LogP contribution in [-0.4, -0.2) is 31.1 Å². The summed E-state index contributed by atoms with van der Waals surface area (Å²) in [6, 6.07) is 4.64. The van der Waals surface area contributed by atoms with Crippen LogP contribution in [0.3, 0.4) is 0 Å². The number of nitrogens with zero attached hydrogens (tertiary/aromatic N) is 1. The summed E-state index contributed by atoms with van der Waals surface area (Å²) >= 11 is 4.66. The maximum absolute atomic E-state index is 13.0. The molecule has 2 rings (SSSR count). The molecule has 0 unspecified atom stereocenters. The minimum absolute atomic E-state index is 0.0293. The number of hydrogen-bond donors (Lipinski definition) is 2. The number of sulfonamides is 1. The number of rotatable bonds is 5. The van der Waals surface area contributed by atoms with Crippen molar-refractivity contribution in [1.29, 1.82) is 0 Å². The average Bonchev–Trinajstić information content (AvgIpc) is 2.90. The van der Waals surface area contributed by atoms with Crippen molar-refractivity contribution in [3.05, 3.63) is 28.2 Å². The topological polar surface area (TPSA) is 97.4 Å².